The third-order valence-electron chi connectivity index (χ3n) is 8.34. The zero-order valence-corrected chi connectivity index (χ0v) is 19.5. The van der Waals surface area contributed by atoms with Crippen LogP contribution in [0.2, 0.25) is 0 Å². The van der Waals surface area contributed by atoms with Crippen molar-refractivity contribution in [1.29, 1.82) is 0 Å². The van der Waals surface area contributed by atoms with E-state index in [4.69, 9.17) is 9.47 Å². The number of fused-ring (bicyclic) bond motifs is 1. The molecule has 0 unspecified atom stereocenters. The van der Waals surface area contributed by atoms with Crippen LogP contribution in [0.5, 0.6) is 0 Å². The maximum absolute atomic E-state index is 13.9. The monoisotopic (exact) mass is 450 g/mol. The Kier molecular flexibility index (Phi) is 6.82. The van der Waals surface area contributed by atoms with Crippen molar-refractivity contribution in [2.75, 3.05) is 13.2 Å². The number of ether oxygens (including phenoxy) is 2. The van der Waals surface area contributed by atoms with E-state index in [2.05, 4.69) is 5.32 Å². The summed E-state index contributed by atoms with van der Waals surface area (Å²) in [5.74, 6) is -2.31. The number of amides is 2. The highest BCUT2D eigenvalue weighted by molar-refractivity contribution is 5.98. The fourth-order valence-electron chi connectivity index (χ4n) is 6.60. The Labute approximate surface area is 190 Å². The fourth-order valence-corrected chi connectivity index (χ4v) is 6.60. The molecule has 0 radical (unpaired) electrons. The molecule has 1 aliphatic carbocycles. The van der Waals surface area contributed by atoms with Gasteiger partial charge in [-0.15, -0.1) is 0 Å². The van der Waals surface area contributed by atoms with E-state index in [1.54, 1.807) is 11.8 Å². The maximum Gasteiger partial charge on any atom is 0.312 e. The molecule has 1 spiro atoms. The van der Waals surface area contributed by atoms with Crippen LogP contribution in [0.1, 0.15) is 72.1 Å². The number of rotatable bonds is 8. The average molecular weight is 451 g/mol. The van der Waals surface area contributed by atoms with Gasteiger partial charge >= 0.3 is 5.97 Å². The molecule has 4 rings (SSSR count). The van der Waals surface area contributed by atoms with Gasteiger partial charge in [0, 0.05) is 6.04 Å². The van der Waals surface area contributed by atoms with Crippen molar-refractivity contribution in [2.45, 2.75) is 102 Å². The van der Waals surface area contributed by atoms with Crippen molar-refractivity contribution in [3.05, 3.63) is 0 Å². The number of hydrogen-bond acceptors (Lipinski definition) is 6. The molecule has 8 heteroatoms. The SMILES string of the molecule is CCOC(=O)[C@@H]1[C@@H]2CC[C@]3(O2)[C@H](C(=O)NC2CCCCC2)N([C@@H](CO)[C@@H](C)CC)C(=O)[C@@H]13. The molecular weight excluding hydrogens is 412 g/mol. The number of hydrogen-bond donors (Lipinski definition) is 2. The lowest BCUT2D eigenvalue weighted by atomic mass is 9.70. The number of likely N-dealkylation sites (tertiary alicyclic amines) is 1. The van der Waals surface area contributed by atoms with Crippen molar-refractivity contribution < 1.29 is 29.0 Å². The van der Waals surface area contributed by atoms with Gasteiger partial charge in [0.15, 0.2) is 0 Å². The molecule has 32 heavy (non-hydrogen) atoms. The van der Waals surface area contributed by atoms with Gasteiger partial charge in [0.1, 0.15) is 11.6 Å². The summed E-state index contributed by atoms with van der Waals surface area (Å²) >= 11 is 0. The molecule has 2 amide bonds. The van der Waals surface area contributed by atoms with Gasteiger partial charge in [-0.05, 0) is 38.5 Å². The summed E-state index contributed by atoms with van der Waals surface area (Å²) in [5, 5.41) is 13.5. The summed E-state index contributed by atoms with van der Waals surface area (Å²) in [4.78, 5) is 42.0. The van der Waals surface area contributed by atoms with Gasteiger partial charge in [-0.1, -0.05) is 39.5 Å². The molecule has 3 saturated heterocycles. The summed E-state index contributed by atoms with van der Waals surface area (Å²) in [6, 6.07) is -1.24. The lowest BCUT2D eigenvalue weighted by Crippen LogP contribution is -2.60. The Bertz CT molecular complexity index is 738. The van der Waals surface area contributed by atoms with E-state index in [0.717, 1.165) is 32.1 Å². The maximum atomic E-state index is 13.9. The number of aliphatic hydroxyl groups excluding tert-OH is 1. The summed E-state index contributed by atoms with van der Waals surface area (Å²) in [6.45, 7) is 5.74. The molecule has 2 N–H and O–H groups in total. The highest BCUT2D eigenvalue weighted by Crippen LogP contribution is 2.59. The zero-order chi connectivity index (χ0) is 23.0. The van der Waals surface area contributed by atoms with E-state index in [-0.39, 0.29) is 37.0 Å². The summed E-state index contributed by atoms with van der Waals surface area (Å²) < 4.78 is 11.7. The molecule has 180 valence electrons. The van der Waals surface area contributed by atoms with Crippen LogP contribution >= 0.6 is 0 Å². The predicted octanol–water partition coefficient (Wildman–Crippen LogP) is 1.78. The normalized spacial score (nSPS) is 36.1. The van der Waals surface area contributed by atoms with Gasteiger partial charge in [0.25, 0.3) is 0 Å². The second-order valence-electron chi connectivity index (χ2n) is 10.0. The number of aliphatic hydroxyl groups is 1. The van der Waals surface area contributed by atoms with Crippen molar-refractivity contribution in [3.8, 4) is 0 Å². The molecule has 3 aliphatic heterocycles. The second kappa shape index (κ2) is 9.29. The van der Waals surface area contributed by atoms with Gasteiger partial charge in [0.05, 0.1) is 37.2 Å². The van der Waals surface area contributed by atoms with Crippen LogP contribution in [0, 0.1) is 17.8 Å². The lowest BCUT2D eigenvalue weighted by Gasteiger charge is -2.39. The van der Waals surface area contributed by atoms with Gasteiger partial charge in [-0.2, -0.15) is 0 Å². The Morgan fingerprint density at radius 1 is 1.25 bits per heavy atom. The van der Waals surface area contributed by atoms with E-state index in [9.17, 15) is 19.5 Å². The van der Waals surface area contributed by atoms with Crippen molar-refractivity contribution >= 4 is 17.8 Å². The molecule has 4 fully saturated rings. The Morgan fingerprint density at radius 2 is 1.97 bits per heavy atom. The Morgan fingerprint density at radius 3 is 2.59 bits per heavy atom. The first-order valence-electron chi connectivity index (χ1n) is 12.5. The van der Waals surface area contributed by atoms with Gasteiger partial charge < -0.3 is 24.8 Å². The lowest BCUT2D eigenvalue weighted by molar-refractivity contribution is -0.156. The molecule has 2 bridgehead atoms. The third kappa shape index (κ3) is 3.63. The second-order valence-corrected chi connectivity index (χ2v) is 10.0. The molecule has 1 saturated carbocycles. The minimum atomic E-state index is -1.03. The van der Waals surface area contributed by atoms with Crippen LogP contribution in [0.3, 0.4) is 0 Å². The number of esters is 1. The van der Waals surface area contributed by atoms with Crippen molar-refractivity contribution in [3.63, 3.8) is 0 Å². The molecule has 0 aromatic rings. The standard InChI is InChI=1S/C24H38N2O6/c1-4-14(3)16(13-27)26-20(21(28)25-15-9-7-6-8-10-15)24-12-11-17(32-24)18(19(24)22(26)29)23(30)31-5-2/h14-20,27H,4-13H2,1-3H3,(H,25,28)/t14-,16-,17-,18+,19+,20-,24+/m0/s1. The van der Waals surface area contributed by atoms with Crippen LogP contribution in [-0.4, -0.2) is 70.8 Å². The van der Waals surface area contributed by atoms with E-state index < -0.39 is 41.6 Å². The highest BCUT2D eigenvalue weighted by atomic mass is 16.6. The van der Waals surface area contributed by atoms with Crippen molar-refractivity contribution in [2.24, 2.45) is 17.8 Å². The molecule has 4 aliphatic rings. The minimum absolute atomic E-state index is 0.00222. The Balaban J connectivity index is 1.70. The van der Waals surface area contributed by atoms with Crippen molar-refractivity contribution in [1.82, 2.24) is 10.2 Å². The number of carbonyl (C=O) groups excluding carboxylic acids is 3. The van der Waals surface area contributed by atoms with E-state index in [1.807, 2.05) is 13.8 Å². The molecule has 0 aromatic carbocycles. The molecule has 8 nitrogen and oxygen atoms in total. The summed E-state index contributed by atoms with van der Waals surface area (Å²) in [7, 11) is 0. The summed E-state index contributed by atoms with van der Waals surface area (Å²) in [6.07, 6.45) is 6.77. The summed E-state index contributed by atoms with van der Waals surface area (Å²) in [5.41, 5.74) is -1.03. The zero-order valence-electron chi connectivity index (χ0n) is 19.5. The number of carbonyl (C=O) groups is 3. The van der Waals surface area contributed by atoms with E-state index >= 15 is 0 Å². The minimum Gasteiger partial charge on any atom is -0.466 e. The molecule has 0 aromatic heterocycles. The third-order valence-corrected chi connectivity index (χ3v) is 8.34. The molecular formula is C24H38N2O6. The van der Waals surface area contributed by atoms with Crippen LogP contribution in [0.4, 0.5) is 0 Å². The van der Waals surface area contributed by atoms with Crippen LogP contribution in [-0.2, 0) is 23.9 Å². The van der Waals surface area contributed by atoms with Gasteiger partial charge in [0.2, 0.25) is 11.8 Å². The first kappa shape index (κ1) is 23.5. The molecule has 3 heterocycles. The topological polar surface area (TPSA) is 105 Å². The van der Waals surface area contributed by atoms with Crippen LogP contribution in [0.15, 0.2) is 0 Å². The van der Waals surface area contributed by atoms with Gasteiger partial charge in [-0.3, -0.25) is 14.4 Å². The van der Waals surface area contributed by atoms with Crippen LogP contribution in [0.25, 0.3) is 0 Å². The fraction of sp³-hybridized carbons (Fsp3) is 0.875. The molecule has 7 atom stereocenters. The quantitative estimate of drug-likeness (QED) is 0.546. The number of nitrogens with one attached hydrogen (secondary N) is 1. The smallest absolute Gasteiger partial charge is 0.312 e. The van der Waals surface area contributed by atoms with E-state index in [1.165, 1.54) is 6.42 Å². The average Bonchev–Trinajstić information content (AvgIpc) is 3.43. The van der Waals surface area contributed by atoms with Gasteiger partial charge in [-0.25, -0.2) is 0 Å². The Hall–Kier alpha value is -1.67. The highest BCUT2D eigenvalue weighted by Gasteiger charge is 2.75. The largest absolute Gasteiger partial charge is 0.466 e. The first-order chi connectivity index (χ1) is 15.4. The van der Waals surface area contributed by atoms with Crippen LogP contribution < -0.4 is 5.32 Å². The van der Waals surface area contributed by atoms with E-state index in [0.29, 0.717) is 12.8 Å². The first-order valence-corrected chi connectivity index (χ1v) is 12.5. The predicted molar refractivity (Wildman–Crippen MR) is 116 cm³/mol. The number of nitrogens with zero attached hydrogens (tertiary/aromatic N) is 1.